The second kappa shape index (κ2) is 8.19. The highest BCUT2D eigenvalue weighted by Gasteiger charge is 2.68. The van der Waals surface area contributed by atoms with Crippen LogP contribution >= 0.6 is 34.8 Å². The molecular weight excluding hydrogens is 511 g/mol. The molecule has 1 saturated heterocycles. The molecule has 0 aromatic heterocycles. The molecule has 3 amide bonds. The molecule has 2 saturated carbocycles. The predicted octanol–water partition coefficient (Wildman–Crippen LogP) is 4.94. The average Bonchev–Trinajstić information content (AvgIpc) is 3.61. The van der Waals surface area contributed by atoms with Gasteiger partial charge >= 0.3 is 0 Å². The van der Waals surface area contributed by atoms with E-state index < -0.39 is 41.9 Å². The molecule has 5 aliphatic rings. The average molecular weight is 530 g/mol. The highest BCUT2D eigenvalue weighted by Crippen LogP contribution is 2.65. The Labute approximate surface area is 216 Å². The normalized spacial score (nSPS) is 29.7. The number of hydrazine groups is 1. The SMILES string of the molecule is O=C(CN(C(=O)c1ccccc1Cl)N1C(=O)[C@@H]2[C@H]3C=C[C@@H]([C@@H]4C[C@H]34)[C@@H]2C1=O)c1ccc(Cl)cc1Cl. The number of carbonyl (C=O) groups excluding carboxylic acids is 4. The van der Waals surface area contributed by atoms with Crippen molar-refractivity contribution in [1.29, 1.82) is 0 Å². The van der Waals surface area contributed by atoms with Gasteiger partial charge in [0.25, 0.3) is 17.7 Å². The lowest BCUT2D eigenvalue weighted by atomic mass is 9.63. The summed E-state index contributed by atoms with van der Waals surface area (Å²) in [5.41, 5.74) is 0.219. The topological polar surface area (TPSA) is 74.8 Å². The van der Waals surface area contributed by atoms with Crippen LogP contribution in [0.3, 0.4) is 0 Å². The van der Waals surface area contributed by atoms with Crippen LogP contribution in [-0.4, -0.2) is 40.1 Å². The maximum Gasteiger partial charge on any atom is 0.274 e. The summed E-state index contributed by atoms with van der Waals surface area (Å²) in [6.45, 7) is -0.558. The molecule has 35 heavy (non-hydrogen) atoms. The third kappa shape index (κ3) is 3.45. The van der Waals surface area contributed by atoms with Crippen LogP contribution < -0.4 is 0 Å². The van der Waals surface area contributed by atoms with E-state index in [4.69, 9.17) is 34.8 Å². The second-order valence-electron chi connectivity index (χ2n) is 9.53. The standard InChI is InChI=1S/C26H19Cl3N2O4/c27-12-5-6-15(20(29)9-12)21(32)11-30(24(33)16-3-1-2-4-19(16)28)31-25(34)22-13-7-8-14(18-10-17(13)18)23(22)26(31)35/h1-9,13-14,17-18,22-23H,10-11H2/t13-,14-,17-,18+,22-,23+/m0/s1. The monoisotopic (exact) mass is 528 g/mol. The molecule has 178 valence electrons. The maximum absolute atomic E-state index is 13.7. The van der Waals surface area contributed by atoms with Crippen molar-refractivity contribution in [2.24, 2.45) is 35.5 Å². The fraction of sp³-hybridized carbons (Fsp3) is 0.308. The summed E-state index contributed by atoms with van der Waals surface area (Å²) in [4.78, 5) is 54.3. The van der Waals surface area contributed by atoms with E-state index in [1.54, 1.807) is 12.1 Å². The molecule has 6 atom stereocenters. The van der Waals surface area contributed by atoms with E-state index in [-0.39, 0.29) is 33.0 Å². The van der Waals surface area contributed by atoms with Crippen molar-refractivity contribution in [3.8, 4) is 0 Å². The highest BCUT2D eigenvalue weighted by molar-refractivity contribution is 6.37. The third-order valence-corrected chi connectivity index (χ3v) is 8.62. The molecule has 2 aromatic carbocycles. The van der Waals surface area contributed by atoms with E-state index in [1.807, 2.05) is 12.2 Å². The van der Waals surface area contributed by atoms with Crippen LogP contribution in [0.5, 0.6) is 0 Å². The van der Waals surface area contributed by atoms with Gasteiger partial charge < -0.3 is 0 Å². The molecular formula is C26H19Cl3N2O4. The minimum absolute atomic E-state index is 0.0184. The molecule has 7 rings (SSSR count). The van der Waals surface area contributed by atoms with Gasteiger partial charge in [-0.15, -0.1) is 0 Å². The Morgan fingerprint density at radius 2 is 1.49 bits per heavy atom. The Morgan fingerprint density at radius 1 is 0.857 bits per heavy atom. The van der Waals surface area contributed by atoms with E-state index in [9.17, 15) is 19.2 Å². The molecule has 1 aliphatic heterocycles. The van der Waals surface area contributed by atoms with Crippen LogP contribution in [0.15, 0.2) is 54.6 Å². The highest BCUT2D eigenvalue weighted by atomic mass is 35.5. The van der Waals surface area contributed by atoms with Crippen molar-refractivity contribution in [1.82, 2.24) is 10.0 Å². The summed E-state index contributed by atoms with van der Waals surface area (Å²) >= 11 is 18.5. The van der Waals surface area contributed by atoms with Crippen LogP contribution in [0.1, 0.15) is 27.1 Å². The van der Waals surface area contributed by atoms with E-state index in [1.165, 1.54) is 30.3 Å². The van der Waals surface area contributed by atoms with Crippen molar-refractivity contribution >= 4 is 58.3 Å². The van der Waals surface area contributed by atoms with Gasteiger partial charge in [0.1, 0.15) is 6.54 Å². The molecule has 4 aliphatic carbocycles. The van der Waals surface area contributed by atoms with Gasteiger partial charge in [-0.25, -0.2) is 5.01 Å². The van der Waals surface area contributed by atoms with E-state index >= 15 is 0 Å². The van der Waals surface area contributed by atoms with Gasteiger partial charge in [0.05, 0.1) is 27.4 Å². The van der Waals surface area contributed by atoms with E-state index in [0.717, 1.165) is 16.4 Å². The van der Waals surface area contributed by atoms with Gasteiger partial charge in [0.2, 0.25) is 0 Å². The molecule has 9 heteroatoms. The number of halogens is 3. The molecule has 0 unspecified atom stereocenters. The van der Waals surface area contributed by atoms with E-state index in [0.29, 0.717) is 16.9 Å². The van der Waals surface area contributed by atoms with Gasteiger partial charge in [-0.1, -0.05) is 59.1 Å². The Hall–Kier alpha value is -2.67. The molecule has 0 N–H and O–H groups in total. The fourth-order valence-electron chi connectivity index (χ4n) is 6.12. The van der Waals surface area contributed by atoms with Crippen LogP contribution in [-0.2, 0) is 9.59 Å². The zero-order valence-corrected chi connectivity index (χ0v) is 20.5. The van der Waals surface area contributed by atoms with Crippen LogP contribution in [0.2, 0.25) is 15.1 Å². The first-order valence-corrected chi connectivity index (χ1v) is 12.5. The first kappa shape index (κ1) is 22.8. The van der Waals surface area contributed by atoms with Crippen molar-refractivity contribution < 1.29 is 19.2 Å². The number of benzene rings is 2. The molecule has 1 heterocycles. The van der Waals surface area contributed by atoms with Crippen molar-refractivity contribution in [3.05, 3.63) is 80.8 Å². The minimum atomic E-state index is -0.708. The number of rotatable bonds is 5. The number of carbonyl (C=O) groups is 4. The quantitative estimate of drug-likeness (QED) is 0.312. The summed E-state index contributed by atoms with van der Waals surface area (Å²) < 4.78 is 0. The van der Waals surface area contributed by atoms with Gasteiger partial charge in [0, 0.05) is 10.6 Å². The number of nitrogens with zero attached hydrogens (tertiary/aromatic N) is 2. The largest absolute Gasteiger partial charge is 0.292 e. The summed E-state index contributed by atoms with van der Waals surface area (Å²) in [6.07, 6.45) is 5.12. The second-order valence-corrected chi connectivity index (χ2v) is 10.8. The minimum Gasteiger partial charge on any atom is -0.292 e. The number of hydrogen-bond acceptors (Lipinski definition) is 4. The Morgan fingerprint density at radius 3 is 2.09 bits per heavy atom. The first-order chi connectivity index (χ1) is 16.8. The Bertz CT molecular complexity index is 1310. The third-order valence-electron chi connectivity index (χ3n) is 7.74. The predicted molar refractivity (Wildman–Crippen MR) is 130 cm³/mol. The maximum atomic E-state index is 13.7. The number of imide groups is 1. The summed E-state index contributed by atoms with van der Waals surface area (Å²) in [7, 11) is 0. The van der Waals surface area contributed by atoms with Crippen molar-refractivity contribution in [2.75, 3.05) is 6.54 Å². The van der Waals surface area contributed by atoms with Crippen molar-refractivity contribution in [3.63, 3.8) is 0 Å². The summed E-state index contributed by atoms with van der Waals surface area (Å²) in [5.74, 6) is -2.39. The number of amides is 3. The smallest absolute Gasteiger partial charge is 0.274 e. The van der Waals surface area contributed by atoms with Crippen LogP contribution in [0, 0.1) is 35.5 Å². The van der Waals surface area contributed by atoms with Gasteiger partial charge in [0.15, 0.2) is 5.78 Å². The zero-order chi connectivity index (χ0) is 24.6. The van der Waals surface area contributed by atoms with Gasteiger partial charge in [-0.2, -0.15) is 5.01 Å². The number of Topliss-reactive ketones (excluding diaryl/α,β-unsaturated/α-hetero) is 1. The summed E-state index contributed by atoms with van der Waals surface area (Å²) in [6, 6.07) is 10.7. The Balaban J connectivity index is 1.39. The zero-order valence-electron chi connectivity index (χ0n) is 18.2. The van der Waals surface area contributed by atoms with Gasteiger partial charge in [-0.05, 0) is 60.4 Å². The lowest BCUT2D eigenvalue weighted by Gasteiger charge is -2.37. The van der Waals surface area contributed by atoms with Gasteiger partial charge in [-0.3, -0.25) is 19.2 Å². The number of hydrogen-bond donors (Lipinski definition) is 0. The molecule has 2 aromatic rings. The number of allylic oxidation sites excluding steroid dienone is 2. The fourth-order valence-corrected chi connectivity index (χ4v) is 6.85. The van der Waals surface area contributed by atoms with E-state index in [2.05, 4.69) is 0 Å². The van der Waals surface area contributed by atoms with Crippen molar-refractivity contribution in [2.45, 2.75) is 6.42 Å². The summed E-state index contributed by atoms with van der Waals surface area (Å²) in [5, 5.41) is 2.44. The molecule has 3 fully saturated rings. The lowest BCUT2D eigenvalue weighted by Crippen LogP contribution is -2.52. The molecule has 0 radical (unpaired) electrons. The lowest BCUT2D eigenvalue weighted by molar-refractivity contribution is -0.154. The molecule has 0 spiro atoms. The number of ketones is 1. The van der Waals surface area contributed by atoms with Crippen LogP contribution in [0.4, 0.5) is 0 Å². The van der Waals surface area contributed by atoms with Crippen LogP contribution in [0.25, 0.3) is 0 Å². The Kier molecular flexibility index (Phi) is 5.33. The molecule has 6 nitrogen and oxygen atoms in total. The first-order valence-electron chi connectivity index (χ1n) is 11.4. The molecule has 2 bridgehead atoms.